The molecule has 0 fully saturated rings. The molecule has 28 heavy (non-hydrogen) atoms. The van der Waals surface area contributed by atoms with E-state index in [2.05, 4.69) is 18.0 Å². The fourth-order valence-electron chi connectivity index (χ4n) is 3.48. The van der Waals surface area contributed by atoms with Gasteiger partial charge in [0.05, 0.1) is 19.1 Å². The average molecular weight is 383 g/mol. The van der Waals surface area contributed by atoms with Crippen LogP contribution in [0.15, 0.2) is 49.0 Å². The standard InChI is InChI=1S/C23H26FNO3/c1-16(2)19-10-8-18(24)15-22(19)28-14-13-27-12-11-25-23(26)21-9-7-17-5-3-4-6-20(17)21/h3-6,8,10,15,21H,1,7,9,11-14H2,2H3,(H,25,26). The highest BCUT2D eigenvalue weighted by atomic mass is 19.1. The third-order valence-electron chi connectivity index (χ3n) is 4.88. The van der Waals surface area contributed by atoms with Crippen LogP contribution in [0.25, 0.3) is 5.57 Å². The number of nitrogens with one attached hydrogen (secondary N) is 1. The van der Waals surface area contributed by atoms with Gasteiger partial charge in [0.15, 0.2) is 0 Å². The van der Waals surface area contributed by atoms with E-state index < -0.39 is 0 Å². The lowest BCUT2D eigenvalue weighted by molar-refractivity contribution is -0.122. The number of benzene rings is 2. The van der Waals surface area contributed by atoms with Crippen molar-refractivity contribution < 1.29 is 18.7 Å². The Kier molecular flexibility index (Phi) is 6.82. The maximum atomic E-state index is 13.4. The Bertz CT molecular complexity index is 849. The van der Waals surface area contributed by atoms with E-state index in [-0.39, 0.29) is 17.6 Å². The van der Waals surface area contributed by atoms with Gasteiger partial charge in [-0.1, -0.05) is 30.8 Å². The summed E-state index contributed by atoms with van der Waals surface area (Å²) in [6, 6.07) is 12.5. The number of rotatable bonds is 9. The highest BCUT2D eigenvalue weighted by molar-refractivity contribution is 5.84. The summed E-state index contributed by atoms with van der Waals surface area (Å²) < 4.78 is 24.5. The van der Waals surface area contributed by atoms with Crippen LogP contribution < -0.4 is 10.1 Å². The van der Waals surface area contributed by atoms with Crippen molar-refractivity contribution >= 4 is 11.5 Å². The molecule has 3 rings (SSSR count). The van der Waals surface area contributed by atoms with Crippen molar-refractivity contribution in [3.05, 3.63) is 71.6 Å². The molecule has 2 aromatic carbocycles. The molecule has 0 bridgehead atoms. The second-order valence-corrected chi connectivity index (χ2v) is 6.96. The molecule has 0 aliphatic heterocycles. The van der Waals surface area contributed by atoms with Gasteiger partial charge in [0.25, 0.3) is 0 Å². The van der Waals surface area contributed by atoms with Crippen LogP contribution in [0.3, 0.4) is 0 Å². The number of halogens is 1. The monoisotopic (exact) mass is 383 g/mol. The Morgan fingerprint density at radius 2 is 2.04 bits per heavy atom. The van der Waals surface area contributed by atoms with E-state index in [4.69, 9.17) is 9.47 Å². The number of allylic oxidation sites excluding steroid dienone is 1. The maximum absolute atomic E-state index is 13.4. The van der Waals surface area contributed by atoms with Crippen LogP contribution in [0.4, 0.5) is 4.39 Å². The van der Waals surface area contributed by atoms with Crippen LogP contribution in [-0.4, -0.2) is 32.3 Å². The van der Waals surface area contributed by atoms with Crippen molar-refractivity contribution in [2.24, 2.45) is 0 Å². The zero-order chi connectivity index (χ0) is 19.9. The first-order chi connectivity index (χ1) is 13.6. The predicted octanol–water partition coefficient (Wildman–Crippen LogP) is 4.10. The van der Waals surface area contributed by atoms with E-state index in [1.165, 1.54) is 17.7 Å². The number of carbonyl (C=O) groups excluding carboxylic acids is 1. The van der Waals surface area contributed by atoms with Gasteiger partial charge in [0.1, 0.15) is 18.2 Å². The quantitative estimate of drug-likeness (QED) is 0.663. The van der Waals surface area contributed by atoms with Crippen LogP contribution >= 0.6 is 0 Å². The van der Waals surface area contributed by atoms with Crippen molar-refractivity contribution in [3.8, 4) is 5.75 Å². The SMILES string of the molecule is C=C(C)c1ccc(F)cc1OCCOCCNC(=O)C1CCc2ccccc21. The fraction of sp³-hybridized carbons (Fsp3) is 0.348. The number of hydrogen-bond donors (Lipinski definition) is 1. The average Bonchev–Trinajstić information content (AvgIpc) is 3.11. The highest BCUT2D eigenvalue weighted by Gasteiger charge is 2.27. The summed E-state index contributed by atoms with van der Waals surface area (Å²) in [5.41, 5.74) is 4.00. The molecule has 1 amide bonds. The van der Waals surface area contributed by atoms with Crippen molar-refractivity contribution in [1.29, 1.82) is 0 Å². The molecule has 0 spiro atoms. The number of ether oxygens (including phenoxy) is 2. The van der Waals surface area contributed by atoms with E-state index in [0.717, 1.165) is 29.5 Å². The number of fused-ring (bicyclic) bond motifs is 1. The van der Waals surface area contributed by atoms with E-state index in [1.54, 1.807) is 6.07 Å². The molecular formula is C23H26FNO3. The van der Waals surface area contributed by atoms with Gasteiger partial charge < -0.3 is 14.8 Å². The summed E-state index contributed by atoms with van der Waals surface area (Å²) in [5.74, 6) is 0.102. The number of amides is 1. The molecule has 5 heteroatoms. The Labute approximate surface area is 165 Å². The molecule has 148 valence electrons. The van der Waals surface area contributed by atoms with Crippen molar-refractivity contribution in [1.82, 2.24) is 5.32 Å². The largest absolute Gasteiger partial charge is 0.490 e. The lowest BCUT2D eigenvalue weighted by Crippen LogP contribution is -2.31. The van der Waals surface area contributed by atoms with E-state index >= 15 is 0 Å². The van der Waals surface area contributed by atoms with Crippen molar-refractivity contribution in [3.63, 3.8) is 0 Å². The third kappa shape index (κ3) is 4.98. The van der Waals surface area contributed by atoms with Crippen LogP contribution in [0.5, 0.6) is 5.75 Å². The van der Waals surface area contributed by atoms with Gasteiger partial charge in [-0.05, 0) is 48.6 Å². The van der Waals surface area contributed by atoms with Gasteiger partial charge in [0.2, 0.25) is 5.91 Å². The van der Waals surface area contributed by atoms with Gasteiger partial charge >= 0.3 is 0 Å². The van der Waals surface area contributed by atoms with Gasteiger partial charge in [-0.15, -0.1) is 0 Å². The lowest BCUT2D eigenvalue weighted by Gasteiger charge is -2.13. The minimum atomic E-state index is -0.350. The molecule has 0 saturated heterocycles. The molecule has 0 saturated carbocycles. The first-order valence-corrected chi connectivity index (χ1v) is 9.57. The zero-order valence-electron chi connectivity index (χ0n) is 16.2. The maximum Gasteiger partial charge on any atom is 0.227 e. The first kappa shape index (κ1) is 20.1. The summed E-state index contributed by atoms with van der Waals surface area (Å²) in [5, 5.41) is 2.94. The second-order valence-electron chi connectivity index (χ2n) is 6.96. The summed E-state index contributed by atoms with van der Waals surface area (Å²) >= 11 is 0. The van der Waals surface area contributed by atoms with Gasteiger partial charge in [0, 0.05) is 18.2 Å². The van der Waals surface area contributed by atoms with Crippen molar-refractivity contribution in [2.75, 3.05) is 26.4 Å². The van der Waals surface area contributed by atoms with Crippen LogP contribution in [0.1, 0.15) is 36.0 Å². The summed E-state index contributed by atoms with van der Waals surface area (Å²) in [7, 11) is 0. The molecule has 1 N–H and O–H groups in total. The molecular weight excluding hydrogens is 357 g/mol. The van der Waals surface area contributed by atoms with Crippen LogP contribution in [-0.2, 0) is 16.0 Å². The Balaban J connectivity index is 1.35. The van der Waals surface area contributed by atoms with Crippen LogP contribution in [0.2, 0.25) is 0 Å². The summed E-state index contributed by atoms with van der Waals surface area (Å²) in [6.07, 6.45) is 1.81. The molecule has 0 radical (unpaired) electrons. The molecule has 1 aliphatic rings. The van der Waals surface area contributed by atoms with E-state index in [9.17, 15) is 9.18 Å². The molecule has 1 atom stereocenters. The minimum absolute atomic E-state index is 0.0515. The summed E-state index contributed by atoms with van der Waals surface area (Å²) in [6.45, 7) is 7.23. The van der Waals surface area contributed by atoms with Crippen LogP contribution in [0, 0.1) is 5.82 Å². The molecule has 4 nitrogen and oxygen atoms in total. The molecule has 1 unspecified atom stereocenters. The summed E-state index contributed by atoms with van der Waals surface area (Å²) in [4.78, 5) is 12.4. The number of hydrogen-bond acceptors (Lipinski definition) is 3. The number of aryl methyl sites for hydroxylation is 1. The fourth-order valence-corrected chi connectivity index (χ4v) is 3.48. The number of carbonyl (C=O) groups is 1. The molecule has 0 heterocycles. The normalized spacial score (nSPS) is 15.1. The minimum Gasteiger partial charge on any atom is -0.490 e. The van der Waals surface area contributed by atoms with E-state index in [1.807, 2.05) is 25.1 Å². The lowest BCUT2D eigenvalue weighted by atomic mass is 10.0. The van der Waals surface area contributed by atoms with Gasteiger partial charge in [-0.2, -0.15) is 0 Å². The third-order valence-corrected chi connectivity index (χ3v) is 4.88. The zero-order valence-corrected chi connectivity index (χ0v) is 16.2. The Hall–Kier alpha value is -2.66. The van der Waals surface area contributed by atoms with Crippen molar-refractivity contribution in [2.45, 2.75) is 25.7 Å². The smallest absolute Gasteiger partial charge is 0.227 e. The Morgan fingerprint density at radius 1 is 1.21 bits per heavy atom. The van der Waals surface area contributed by atoms with E-state index in [0.29, 0.717) is 32.1 Å². The second kappa shape index (κ2) is 9.51. The predicted molar refractivity (Wildman–Crippen MR) is 108 cm³/mol. The topological polar surface area (TPSA) is 47.6 Å². The Morgan fingerprint density at radius 3 is 2.86 bits per heavy atom. The highest BCUT2D eigenvalue weighted by Crippen LogP contribution is 2.32. The van der Waals surface area contributed by atoms with Gasteiger partial charge in [-0.25, -0.2) is 4.39 Å². The molecule has 0 aromatic heterocycles. The molecule has 2 aromatic rings. The molecule has 1 aliphatic carbocycles. The first-order valence-electron chi connectivity index (χ1n) is 9.57. The van der Waals surface area contributed by atoms with Gasteiger partial charge in [-0.3, -0.25) is 4.79 Å².